The highest BCUT2D eigenvalue weighted by atomic mass is 16.2. The summed E-state index contributed by atoms with van der Waals surface area (Å²) in [7, 11) is 0. The lowest BCUT2D eigenvalue weighted by Crippen LogP contribution is -2.44. The summed E-state index contributed by atoms with van der Waals surface area (Å²) >= 11 is 0. The number of H-pyrrole nitrogens is 2. The van der Waals surface area contributed by atoms with E-state index < -0.39 is 11.9 Å². The maximum atomic E-state index is 12.8. The molecule has 0 unspecified atom stereocenters. The van der Waals surface area contributed by atoms with Crippen LogP contribution in [-0.4, -0.2) is 42.8 Å². The predicted octanol–water partition coefficient (Wildman–Crippen LogP) is 2.72. The molecule has 3 heterocycles. The molecule has 2 amide bonds. The average Bonchev–Trinajstić information content (AvgIpc) is 3.45. The van der Waals surface area contributed by atoms with Crippen molar-refractivity contribution in [1.29, 1.82) is 0 Å². The fraction of sp³-hybridized carbons (Fsp3) is 0.125. The number of benzene rings is 2. The van der Waals surface area contributed by atoms with E-state index in [2.05, 4.69) is 30.2 Å². The Labute approximate surface area is 188 Å². The van der Waals surface area contributed by atoms with Crippen LogP contribution in [0, 0.1) is 0 Å². The van der Waals surface area contributed by atoms with Gasteiger partial charge in [-0.1, -0.05) is 12.1 Å². The minimum absolute atomic E-state index is 0.333. The molecule has 0 spiro atoms. The van der Waals surface area contributed by atoms with Gasteiger partial charge in [0.1, 0.15) is 17.7 Å². The standard InChI is InChI=1S/C24H21N7O2/c25-22(32)19(7-8-21-27-16-3-1-2-4-17(16)28-21)31-24(33)15-5-6-18-20(13-15)30-23(29-18)14-9-11-26-12-10-14/h1-6,9-13,19H,7-8H2,(H2,25,32)(H,27,28)(H,29,30)(H,31,33)/t19-/m0/s1. The molecule has 5 aromatic rings. The van der Waals surface area contributed by atoms with E-state index in [0.717, 1.165) is 27.9 Å². The number of imidazole rings is 2. The third kappa shape index (κ3) is 4.29. The number of aromatic amines is 2. The first-order valence-electron chi connectivity index (χ1n) is 10.5. The molecule has 0 aliphatic carbocycles. The van der Waals surface area contributed by atoms with Gasteiger partial charge >= 0.3 is 0 Å². The summed E-state index contributed by atoms with van der Waals surface area (Å²) in [5, 5.41) is 2.74. The second kappa shape index (κ2) is 8.54. The molecule has 33 heavy (non-hydrogen) atoms. The van der Waals surface area contributed by atoms with Crippen molar-refractivity contribution in [3.8, 4) is 11.4 Å². The maximum absolute atomic E-state index is 12.8. The van der Waals surface area contributed by atoms with E-state index in [0.29, 0.717) is 29.7 Å². The summed E-state index contributed by atoms with van der Waals surface area (Å²) in [5.41, 5.74) is 10.1. The molecule has 2 aromatic carbocycles. The molecule has 164 valence electrons. The first-order valence-corrected chi connectivity index (χ1v) is 10.5. The third-order valence-electron chi connectivity index (χ3n) is 5.45. The monoisotopic (exact) mass is 439 g/mol. The molecule has 9 heteroatoms. The zero-order chi connectivity index (χ0) is 22.8. The fourth-order valence-electron chi connectivity index (χ4n) is 3.73. The number of amides is 2. The van der Waals surface area contributed by atoms with Crippen LogP contribution in [-0.2, 0) is 11.2 Å². The largest absolute Gasteiger partial charge is 0.368 e. The SMILES string of the molecule is NC(=O)[C@H](CCc1nc2ccccc2[nH]1)NC(=O)c1ccc2nc(-c3ccncc3)[nH]c2c1. The van der Waals surface area contributed by atoms with Crippen LogP contribution in [0.1, 0.15) is 22.6 Å². The van der Waals surface area contributed by atoms with Crippen LogP contribution in [0.4, 0.5) is 0 Å². The van der Waals surface area contributed by atoms with Gasteiger partial charge in [-0.15, -0.1) is 0 Å². The van der Waals surface area contributed by atoms with Gasteiger partial charge in [0.15, 0.2) is 0 Å². The number of pyridine rings is 1. The summed E-state index contributed by atoms with van der Waals surface area (Å²) in [6.45, 7) is 0. The highest BCUT2D eigenvalue weighted by Gasteiger charge is 2.20. The number of carbonyl (C=O) groups is 2. The minimum atomic E-state index is -0.824. The molecule has 0 saturated heterocycles. The lowest BCUT2D eigenvalue weighted by atomic mass is 10.1. The lowest BCUT2D eigenvalue weighted by molar-refractivity contribution is -0.120. The van der Waals surface area contributed by atoms with E-state index in [1.165, 1.54) is 0 Å². The molecule has 1 atom stereocenters. The van der Waals surface area contributed by atoms with E-state index in [1.807, 2.05) is 36.4 Å². The van der Waals surface area contributed by atoms with Gasteiger partial charge in [0.25, 0.3) is 5.91 Å². The molecule has 5 rings (SSSR count). The Hall–Kier alpha value is -4.53. The lowest BCUT2D eigenvalue weighted by Gasteiger charge is -2.15. The van der Waals surface area contributed by atoms with E-state index in [4.69, 9.17) is 5.73 Å². The molecule has 0 fully saturated rings. The second-order valence-electron chi connectivity index (χ2n) is 7.72. The number of fused-ring (bicyclic) bond motifs is 2. The predicted molar refractivity (Wildman–Crippen MR) is 124 cm³/mol. The quantitative estimate of drug-likeness (QED) is 0.308. The molecule has 5 N–H and O–H groups in total. The first-order chi connectivity index (χ1) is 16.1. The van der Waals surface area contributed by atoms with Crippen molar-refractivity contribution >= 4 is 33.9 Å². The number of para-hydroxylation sites is 2. The van der Waals surface area contributed by atoms with E-state index >= 15 is 0 Å². The van der Waals surface area contributed by atoms with Gasteiger partial charge in [0, 0.05) is 29.9 Å². The van der Waals surface area contributed by atoms with Crippen LogP contribution >= 0.6 is 0 Å². The number of carbonyl (C=O) groups excluding carboxylic acids is 2. The van der Waals surface area contributed by atoms with Crippen LogP contribution in [0.2, 0.25) is 0 Å². The van der Waals surface area contributed by atoms with Crippen molar-refractivity contribution in [3.63, 3.8) is 0 Å². The Kier molecular flexibility index (Phi) is 5.27. The van der Waals surface area contributed by atoms with Crippen molar-refractivity contribution < 1.29 is 9.59 Å². The van der Waals surface area contributed by atoms with Gasteiger partial charge in [-0.3, -0.25) is 14.6 Å². The summed E-state index contributed by atoms with van der Waals surface area (Å²) in [6, 6.07) is 15.7. The molecule has 0 radical (unpaired) electrons. The van der Waals surface area contributed by atoms with Gasteiger partial charge in [-0.2, -0.15) is 0 Å². The third-order valence-corrected chi connectivity index (χ3v) is 5.45. The van der Waals surface area contributed by atoms with Crippen LogP contribution in [0.15, 0.2) is 67.0 Å². The number of primary amides is 1. The van der Waals surface area contributed by atoms with Crippen LogP contribution < -0.4 is 11.1 Å². The molecule has 0 saturated carbocycles. The number of hydrogen-bond donors (Lipinski definition) is 4. The molecular weight excluding hydrogens is 418 g/mol. The smallest absolute Gasteiger partial charge is 0.252 e. The number of aryl methyl sites for hydroxylation is 1. The van der Waals surface area contributed by atoms with Crippen molar-refractivity contribution in [2.45, 2.75) is 18.9 Å². The highest BCUT2D eigenvalue weighted by molar-refractivity contribution is 5.99. The Bertz CT molecular complexity index is 1420. The van der Waals surface area contributed by atoms with Gasteiger partial charge in [0.05, 0.1) is 22.1 Å². The molecule has 0 aliphatic heterocycles. The van der Waals surface area contributed by atoms with Crippen LogP contribution in [0.25, 0.3) is 33.5 Å². The van der Waals surface area contributed by atoms with Crippen LogP contribution in [0.5, 0.6) is 0 Å². The Morgan fingerprint density at radius 2 is 1.73 bits per heavy atom. The normalized spacial score (nSPS) is 12.1. The number of aromatic nitrogens is 5. The van der Waals surface area contributed by atoms with Crippen LogP contribution in [0.3, 0.4) is 0 Å². The molecule has 0 aliphatic rings. The topological polar surface area (TPSA) is 142 Å². The minimum Gasteiger partial charge on any atom is -0.368 e. The molecule has 0 bridgehead atoms. The molecule has 9 nitrogen and oxygen atoms in total. The average molecular weight is 439 g/mol. The summed E-state index contributed by atoms with van der Waals surface area (Å²) in [4.78, 5) is 44.3. The zero-order valence-electron chi connectivity index (χ0n) is 17.6. The Balaban J connectivity index is 1.30. The van der Waals surface area contributed by atoms with Crippen molar-refractivity contribution in [2.75, 3.05) is 0 Å². The van der Waals surface area contributed by atoms with Crippen molar-refractivity contribution in [1.82, 2.24) is 30.2 Å². The zero-order valence-corrected chi connectivity index (χ0v) is 17.6. The van der Waals surface area contributed by atoms with E-state index in [1.54, 1.807) is 30.6 Å². The van der Waals surface area contributed by atoms with Gasteiger partial charge in [0.2, 0.25) is 5.91 Å². The summed E-state index contributed by atoms with van der Waals surface area (Å²) < 4.78 is 0. The summed E-state index contributed by atoms with van der Waals surface area (Å²) in [5.74, 6) is 0.442. The van der Waals surface area contributed by atoms with Gasteiger partial charge in [-0.25, -0.2) is 9.97 Å². The Morgan fingerprint density at radius 1 is 0.939 bits per heavy atom. The maximum Gasteiger partial charge on any atom is 0.252 e. The molecular formula is C24H21N7O2. The highest BCUT2D eigenvalue weighted by Crippen LogP contribution is 2.21. The first kappa shape index (κ1) is 20.4. The number of hydrogen-bond acceptors (Lipinski definition) is 5. The molecule has 3 aromatic heterocycles. The summed E-state index contributed by atoms with van der Waals surface area (Å²) in [6.07, 6.45) is 4.18. The number of nitrogens with one attached hydrogen (secondary N) is 3. The second-order valence-corrected chi connectivity index (χ2v) is 7.72. The number of rotatable bonds is 7. The van der Waals surface area contributed by atoms with Crippen molar-refractivity contribution in [2.24, 2.45) is 5.73 Å². The fourth-order valence-corrected chi connectivity index (χ4v) is 3.73. The number of nitrogens with zero attached hydrogens (tertiary/aromatic N) is 3. The van der Waals surface area contributed by atoms with E-state index in [9.17, 15) is 9.59 Å². The van der Waals surface area contributed by atoms with Gasteiger partial charge in [-0.05, 0) is 48.9 Å². The van der Waals surface area contributed by atoms with Crippen molar-refractivity contribution in [3.05, 3.63) is 78.4 Å². The van der Waals surface area contributed by atoms with E-state index in [-0.39, 0.29) is 5.91 Å². The van der Waals surface area contributed by atoms with Gasteiger partial charge < -0.3 is 21.0 Å². The Morgan fingerprint density at radius 3 is 2.52 bits per heavy atom. The number of nitrogens with two attached hydrogens (primary N) is 1.